The second kappa shape index (κ2) is 7.41. The van der Waals surface area contributed by atoms with Crippen LogP contribution in [0, 0.1) is 0 Å². The molecule has 3 aromatic heterocycles. The molecule has 130 valence electrons. The van der Waals surface area contributed by atoms with Crippen molar-refractivity contribution in [3.05, 3.63) is 70.1 Å². The molecule has 1 amide bonds. The largest absolute Gasteiger partial charge is 0.309 e. The van der Waals surface area contributed by atoms with Crippen molar-refractivity contribution < 1.29 is 4.79 Å². The second-order valence-electron chi connectivity index (χ2n) is 5.45. The molecule has 0 unspecified atom stereocenters. The quantitative estimate of drug-likeness (QED) is 0.518. The minimum Gasteiger partial charge on any atom is -0.309 e. The lowest BCUT2D eigenvalue weighted by Gasteiger charge is -2.01. The number of hydrogen-bond acceptors (Lipinski definition) is 5. The summed E-state index contributed by atoms with van der Waals surface area (Å²) >= 11 is 8.94. The monoisotopic (exact) mass is 400 g/mol. The van der Waals surface area contributed by atoms with Crippen molar-refractivity contribution in [2.45, 2.75) is 6.42 Å². The number of rotatable bonds is 5. The van der Waals surface area contributed by atoms with E-state index in [0.717, 1.165) is 25.6 Å². The topological polar surface area (TPSA) is 59.8 Å². The third kappa shape index (κ3) is 3.85. The maximum absolute atomic E-state index is 12.3. The van der Waals surface area contributed by atoms with Crippen molar-refractivity contribution in [2.24, 2.45) is 0 Å². The molecule has 0 bridgehead atoms. The van der Waals surface area contributed by atoms with Gasteiger partial charge in [0.2, 0.25) is 5.91 Å². The lowest BCUT2D eigenvalue weighted by atomic mass is 10.3. The molecule has 8 heteroatoms. The molecule has 0 radical (unpaired) electrons. The number of nitrogens with one attached hydrogen (secondary N) is 1. The third-order valence-electron chi connectivity index (χ3n) is 3.55. The molecular formula is C18H13ClN4OS2. The van der Waals surface area contributed by atoms with Gasteiger partial charge in [0.05, 0.1) is 27.0 Å². The molecule has 26 heavy (non-hydrogen) atoms. The lowest BCUT2D eigenvalue weighted by Crippen LogP contribution is -2.15. The number of amides is 1. The second-order valence-corrected chi connectivity index (χ2v) is 8.03. The number of aromatic nitrogens is 3. The highest BCUT2D eigenvalue weighted by Gasteiger charge is 2.12. The summed E-state index contributed by atoms with van der Waals surface area (Å²) < 4.78 is 2.44. The molecule has 5 nitrogen and oxygen atoms in total. The highest BCUT2D eigenvalue weighted by atomic mass is 35.5. The summed E-state index contributed by atoms with van der Waals surface area (Å²) in [6.07, 6.45) is 2.01. The fourth-order valence-electron chi connectivity index (χ4n) is 2.40. The molecule has 4 aromatic rings. The summed E-state index contributed by atoms with van der Waals surface area (Å²) in [6, 6.07) is 15.3. The fraction of sp³-hybridized carbons (Fsp3) is 0.0556. The molecule has 4 rings (SSSR count). The van der Waals surface area contributed by atoms with Gasteiger partial charge in [-0.1, -0.05) is 29.8 Å². The summed E-state index contributed by atoms with van der Waals surface area (Å²) in [5, 5.41) is 9.95. The number of para-hydroxylation sites is 1. The van der Waals surface area contributed by atoms with Gasteiger partial charge in [-0.05, 0) is 24.3 Å². The predicted octanol–water partition coefficient (Wildman–Crippen LogP) is 4.89. The van der Waals surface area contributed by atoms with E-state index in [-0.39, 0.29) is 12.3 Å². The Bertz CT molecular complexity index is 1040. The Kier molecular flexibility index (Phi) is 4.83. The minimum atomic E-state index is -0.149. The Morgan fingerprint density at radius 1 is 1.15 bits per heavy atom. The van der Waals surface area contributed by atoms with E-state index in [1.165, 1.54) is 22.7 Å². The zero-order chi connectivity index (χ0) is 17.9. The van der Waals surface area contributed by atoms with E-state index in [4.69, 9.17) is 11.6 Å². The van der Waals surface area contributed by atoms with Crippen LogP contribution in [0.2, 0.25) is 4.34 Å². The van der Waals surface area contributed by atoms with Crippen LogP contribution in [0.5, 0.6) is 0 Å². The summed E-state index contributed by atoms with van der Waals surface area (Å²) in [5.41, 5.74) is 1.67. The number of carbonyl (C=O) groups excluding carboxylic acids is 1. The van der Waals surface area contributed by atoms with Crippen LogP contribution in [0.1, 0.15) is 5.69 Å². The lowest BCUT2D eigenvalue weighted by molar-refractivity contribution is -0.115. The van der Waals surface area contributed by atoms with E-state index in [1.54, 1.807) is 10.7 Å². The molecule has 0 aliphatic heterocycles. The fourth-order valence-corrected chi connectivity index (χ4v) is 4.33. The van der Waals surface area contributed by atoms with Crippen molar-refractivity contribution >= 4 is 46.0 Å². The van der Waals surface area contributed by atoms with Gasteiger partial charge in [-0.15, -0.1) is 22.7 Å². The summed E-state index contributed by atoms with van der Waals surface area (Å²) in [5.74, 6) is 0.365. The number of anilines is 1. The maximum Gasteiger partial charge on any atom is 0.231 e. The first-order chi connectivity index (χ1) is 12.7. The van der Waals surface area contributed by atoms with Gasteiger partial charge in [0.15, 0.2) is 5.82 Å². The molecule has 0 aliphatic rings. The van der Waals surface area contributed by atoms with Crippen LogP contribution in [0.15, 0.2) is 60.1 Å². The molecule has 0 saturated heterocycles. The minimum absolute atomic E-state index is 0.149. The van der Waals surface area contributed by atoms with Gasteiger partial charge in [0.25, 0.3) is 0 Å². The van der Waals surface area contributed by atoms with Gasteiger partial charge in [-0.3, -0.25) is 4.79 Å². The zero-order valence-electron chi connectivity index (χ0n) is 13.4. The molecule has 0 aliphatic carbocycles. The van der Waals surface area contributed by atoms with Crippen molar-refractivity contribution in [3.8, 4) is 15.6 Å². The Balaban J connectivity index is 1.40. The number of carbonyl (C=O) groups is 1. The molecule has 0 spiro atoms. The summed E-state index contributed by atoms with van der Waals surface area (Å²) in [6.45, 7) is 0. The first-order valence-corrected chi connectivity index (χ1v) is 9.86. The Morgan fingerprint density at radius 3 is 2.77 bits per heavy atom. The molecular weight excluding hydrogens is 388 g/mol. The first-order valence-electron chi connectivity index (χ1n) is 7.78. The normalized spacial score (nSPS) is 10.8. The smallest absolute Gasteiger partial charge is 0.231 e. The Hall–Kier alpha value is -2.48. The van der Waals surface area contributed by atoms with Gasteiger partial charge >= 0.3 is 0 Å². The van der Waals surface area contributed by atoms with E-state index >= 15 is 0 Å². The van der Waals surface area contributed by atoms with Crippen molar-refractivity contribution in [3.63, 3.8) is 0 Å². The number of hydrogen-bond donors (Lipinski definition) is 1. The maximum atomic E-state index is 12.3. The van der Waals surface area contributed by atoms with Crippen LogP contribution < -0.4 is 5.32 Å². The van der Waals surface area contributed by atoms with Crippen molar-refractivity contribution in [1.29, 1.82) is 0 Å². The van der Waals surface area contributed by atoms with Crippen LogP contribution in [0.25, 0.3) is 15.6 Å². The molecule has 0 fully saturated rings. The Morgan fingerprint density at radius 2 is 2.00 bits per heavy atom. The van der Waals surface area contributed by atoms with Crippen molar-refractivity contribution in [1.82, 2.24) is 14.8 Å². The van der Waals surface area contributed by atoms with E-state index in [1.807, 2.05) is 54.0 Å². The number of benzene rings is 1. The van der Waals surface area contributed by atoms with E-state index < -0.39 is 0 Å². The highest BCUT2D eigenvalue weighted by Crippen LogP contribution is 2.33. The summed E-state index contributed by atoms with van der Waals surface area (Å²) in [7, 11) is 0. The van der Waals surface area contributed by atoms with E-state index in [9.17, 15) is 4.79 Å². The average molecular weight is 401 g/mol. The van der Waals surface area contributed by atoms with Crippen LogP contribution >= 0.6 is 34.3 Å². The molecule has 0 atom stereocenters. The number of thiazole rings is 1. The molecule has 0 saturated carbocycles. The Labute approximate surface area is 162 Å². The number of nitrogens with zero attached hydrogens (tertiary/aromatic N) is 3. The SMILES string of the molecule is O=C(Cc1csc(-c2ccc(Cl)s2)n1)Nc1ccn(-c2ccccc2)n1. The van der Waals surface area contributed by atoms with Crippen LogP contribution in [-0.4, -0.2) is 20.7 Å². The third-order valence-corrected chi connectivity index (χ3v) is 5.85. The molecule has 3 heterocycles. The van der Waals surface area contributed by atoms with E-state index in [2.05, 4.69) is 15.4 Å². The number of halogens is 1. The average Bonchev–Trinajstić information content (AvgIpc) is 3.37. The molecule has 1 N–H and O–H groups in total. The van der Waals surface area contributed by atoms with Gasteiger partial charge in [-0.2, -0.15) is 5.10 Å². The number of thiophene rings is 1. The van der Waals surface area contributed by atoms with Crippen molar-refractivity contribution in [2.75, 3.05) is 5.32 Å². The van der Waals surface area contributed by atoms with Gasteiger partial charge in [0, 0.05) is 17.6 Å². The molecule has 1 aromatic carbocycles. The predicted molar refractivity (Wildman–Crippen MR) is 106 cm³/mol. The van der Waals surface area contributed by atoms with Crippen LogP contribution in [0.3, 0.4) is 0 Å². The summed E-state index contributed by atoms with van der Waals surface area (Å²) in [4.78, 5) is 17.8. The first kappa shape index (κ1) is 17.0. The van der Waals surface area contributed by atoms with Crippen LogP contribution in [0.4, 0.5) is 5.82 Å². The van der Waals surface area contributed by atoms with Gasteiger partial charge < -0.3 is 5.32 Å². The van der Waals surface area contributed by atoms with E-state index in [0.29, 0.717) is 5.82 Å². The van der Waals surface area contributed by atoms with Crippen LogP contribution in [-0.2, 0) is 11.2 Å². The highest BCUT2D eigenvalue weighted by molar-refractivity contribution is 7.23. The standard InChI is InChI=1S/C18H13ClN4OS2/c19-15-7-6-14(26-15)18-20-12(11-25-18)10-17(24)21-16-8-9-23(22-16)13-4-2-1-3-5-13/h1-9,11H,10H2,(H,21,22,24). The zero-order valence-corrected chi connectivity index (χ0v) is 15.8. The van der Waals surface area contributed by atoms with Gasteiger partial charge in [0.1, 0.15) is 5.01 Å². The van der Waals surface area contributed by atoms with Gasteiger partial charge in [-0.25, -0.2) is 9.67 Å².